The molecule has 0 aliphatic rings. The SMILES string of the molecule is CCCCCCC/C=C\CCCCCCCC(=O)OC(COC(=O)CCCCCCCCCCC)COC(=O)CCCCCCCCCCCCCCCCCCCCCCCCCCCCCCCC. The van der Waals surface area contributed by atoms with Crippen LogP contribution in [0.5, 0.6) is 0 Å². The van der Waals surface area contributed by atoms with Crippen LogP contribution in [0.2, 0.25) is 0 Å². The Kier molecular flexibility index (Phi) is 59.1. The van der Waals surface area contributed by atoms with E-state index in [0.717, 1.165) is 64.2 Å². The number of ether oxygens (including phenoxy) is 3. The van der Waals surface area contributed by atoms with Gasteiger partial charge in [0.25, 0.3) is 0 Å². The van der Waals surface area contributed by atoms with E-state index in [2.05, 4.69) is 32.9 Å². The lowest BCUT2D eigenvalue weighted by Crippen LogP contribution is -2.30. The number of esters is 3. The standard InChI is InChI=1S/C65H124O6/c1-4-7-10-13-16-19-21-23-25-26-27-28-29-30-31-32-33-34-35-36-37-38-39-40-42-43-46-49-52-55-58-64(67)70-61-62(60-69-63(66)57-54-51-48-45-18-15-12-9-6-3)71-65(68)59-56-53-50-47-44-41-24-22-20-17-14-11-8-5-2/h22,24,62H,4-21,23,25-61H2,1-3H3/b24-22-. The summed E-state index contributed by atoms with van der Waals surface area (Å²) in [5, 5.41) is 0. The Hall–Kier alpha value is -1.85. The summed E-state index contributed by atoms with van der Waals surface area (Å²) in [6.45, 7) is 6.66. The fourth-order valence-electron chi connectivity index (χ4n) is 9.91. The Morgan fingerprint density at radius 1 is 0.268 bits per heavy atom. The molecule has 0 radical (unpaired) electrons. The lowest BCUT2D eigenvalue weighted by Gasteiger charge is -2.18. The topological polar surface area (TPSA) is 78.9 Å². The summed E-state index contributed by atoms with van der Waals surface area (Å²) in [5.74, 6) is -0.855. The van der Waals surface area contributed by atoms with Crippen molar-refractivity contribution in [2.75, 3.05) is 13.2 Å². The molecule has 0 saturated heterocycles. The summed E-state index contributed by atoms with van der Waals surface area (Å²) in [6, 6.07) is 0. The molecule has 0 aliphatic heterocycles. The van der Waals surface area contributed by atoms with Gasteiger partial charge in [0.1, 0.15) is 13.2 Å². The van der Waals surface area contributed by atoms with Crippen LogP contribution in [0.4, 0.5) is 0 Å². The molecule has 1 unspecified atom stereocenters. The molecule has 0 rings (SSSR count). The average molecular weight is 1000 g/mol. The maximum atomic E-state index is 12.8. The molecule has 1 atom stereocenters. The van der Waals surface area contributed by atoms with Crippen LogP contribution >= 0.6 is 0 Å². The molecule has 0 saturated carbocycles. The maximum Gasteiger partial charge on any atom is 0.306 e. The summed E-state index contributed by atoms with van der Waals surface area (Å²) >= 11 is 0. The fourth-order valence-corrected chi connectivity index (χ4v) is 9.91. The minimum Gasteiger partial charge on any atom is -0.462 e. The predicted molar refractivity (Wildman–Crippen MR) is 307 cm³/mol. The minimum atomic E-state index is -0.768. The highest BCUT2D eigenvalue weighted by Crippen LogP contribution is 2.18. The molecule has 0 amide bonds. The molecule has 6 heteroatoms. The van der Waals surface area contributed by atoms with Crippen molar-refractivity contribution in [1.29, 1.82) is 0 Å². The maximum absolute atomic E-state index is 12.8. The Bertz CT molecular complexity index is 1100. The van der Waals surface area contributed by atoms with Crippen LogP contribution in [0.1, 0.15) is 367 Å². The van der Waals surface area contributed by atoms with Crippen LogP contribution in [-0.2, 0) is 28.6 Å². The van der Waals surface area contributed by atoms with Crippen molar-refractivity contribution < 1.29 is 28.6 Å². The van der Waals surface area contributed by atoms with Gasteiger partial charge in [-0.3, -0.25) is 14.4 Å². The van der Waals surface area contributed by atoms with Crippen LogP contribution in [0.3, 0.4) is 0 Å². The van der Waals surface area contributed by atoms with Crippen LogP contribution in [0, 0.1) is 0 Å². The average Bonchev–Trinajstić information content (AvgIpc) is 3.37. The van der Waals surface area contributed by atoms with Gasteiger partial charge in [-0.2, -0.15) is 0 Å². The van der Waals surface area contributed by atoms with E-state index < -0.39 is 6.10 Å². The zero-order valence-corrected chi connectivity index (χ0v) is 48.3. The zero-order valence-electron chi connectivity index (χ0n) is 48.3. The van der Waals surface area contributed by atoms with Gasteiger partial charge in [0.2, 0.25) is 0 Å². The van der Waals surface area contributed by atoms with Gasteiger partial charge in [-0.25, -0.2) is 0 Å². The molecule has 0 spiro atoms. The molecule has 0 aromatic rings. The lowest BCUT2D eigenvalue weighted by molar-refractivity contribution is -0.167. The molecule has 0 aromatic carbocycles. The predicted octanol–water partition coefficient (Wildman–Crippen LogP) is 21.7. The van der Waals surface area contributed by atoms with Crippen LogP contribution in [0.15, 0.2) is 12.2 Å². The van der Waals surface area contributed by atoms with Crippen molar-refractivity contribution in [1.82, 2.24) is 0 Å². The molecule has 0 aromatic heterocycles. The number of hydrogen-bond donors (Lipinski definition) is 0. The molecule has 0 N–H and O–H groups in total. The first-order chi connectivity index (χ1) is 35.0. The Labute approximate surface area is 443 Å². The third kappa shape index (κ3) is 58.9. The number of carbonyl (C=O) groups excluding carboxylic acids is 3. The van der Waals surface area contributed by atoms with E-state index in [4.69, 9.17) is 14.2 Å². The molecule has 0 bridgehead atoms. The van der Waals surface area contributed by atoms with Gasteiger partial charge in [-0.15, -0.1) is 0 Å². The van der Waals surface area contributed by atoms with Gasteiger partial charge in [0.15, 0.2) is 6.10 Å². The van der Waals surface area contributed by atoms with E-state index in [1.165, 1.54) is 263 Å². The highest BCUT2D eigenvalue weighted by Gasteiger charge is 2.19. The molecule has 0 heterocycles. The second kappa shape index (κ2) is 60.7. The molecule has 71 heavy (non-hydrogen) atoms. The van der Waals surface area contributed by atoms with Gasteiger partial charge in [0, 0.05) is 19.3 Å². The molecular formula is C65H124O6. The van der Waals surface area contributed by atoms with E-state index in [0.29, 0.717) is 19.3 Å². The molecular weight excluding hydrogens is 877 g/mol. The quantitative estimate of drug-likeness (QED) is 0.0261. The van der Waals surface area contributed by atoms with Gasteiger partial charge in [0.05, 0.1) is 0 Å². The fraction of sp³-hybridized carbons (Fsp3) is 0.923. The summed E-state index contributed by atoms with van der Waals surface area (Å²) < 4.78 is 16.9. The van der Waals surface area contributed by atoms with E-state index in [1.54, 1.807) is 0 Å². The first kappa shape index (κ1) is 69.2. The molecule has 0 aliphatic carbocycles. The number of carbonyl (C=O) groups is 3. The number of hydrogen-bond acceptors (Lipinski definition) is 6. The van der Waals surface area contributed by atoms with Gasteiger partial charge in [-0.05, 0) is 44.9 Å². The van der Waals surface area contributed by atoms with Crippen molar-refractivity contribution in [3.8, 4) is 0 Å². The van der Waals surface area contributed by atoms with Crippen molar-refractivity contribution in [2.45, 2.75) is 374 Å². The van der Waals surface area contributed by atoms with Crippen molar-refractivity contribution in [3.05, 3.63) is 12.2 Å². The van der Waals surface area contributed by atoms with E-state index >= 15 is 0 Å². The molecule has 0 fully saturated rings. The van der Waals surface area contributed by atoms with E-state index in [-0.39, 0.29) is 31.1 Å². The highest BCUT2D eigenvalue weighted by atomic mass is 16.6. The summed E-state index contributed by atoms with van der Waals surface area (Å²) in [7, 11) is 0. The van der Waals surface area contributed by atoms with E-state index in [1.807, 2.05) is 0 Å². The largest absolute Gasteiger partial charge is 0.462 e. The smallest absolute Gasteiger partial charge is 0.306 e. The van der Waals surface area contributed by atoms with Gasteiger partial charge in [-0.1, -0.05) is 315 Å². The number of rotatable bonds is 60. The first-order valence-electron chi connectivity index (χ1n) is 32.2. The summed E-state index contributed by atoms with van der Waals surface area (Å²) in [5.41, 5.74) is 0. The Balaban J connectivity index is 4.01. The third-order valence-electron chi connectivity index (χ3n) is 14.8. The van der Waals surface area contributed by atoms with Gasteiger partial charge < -0.3 is 14.2 Å². The first-order valence-corrected chi connectivity index (χ1v) is 32.2. The van der Waals surface area contributed by atoms with Gasteiger partial charge >= 0.3 is 17.9 Å². The third-order valence-corrected chi connectivity index (χ3v) is 14.8. The van der Waals surface area contributed by atoms with Crippen LogP contribution in [-0.4, -0.2) is 37.2 Å². The summed E-state index contributed by atoms with van der Waals surface area (Å²) in [6.07, 6.45) is 71.1. The zero-order chi connectivity index (χ0) is 51.4. The second-order valence-electron chi connectivity index (χ2n) is 22.0. The minimum absolute atomic E-state index is 0.0677. The van der Waals surface area contributed by atoms with Crippen LogP contribution < -0.4 is 0 Å². The van der Waals surface area contributed by atoms with Crippen LogP contribution in [0.25, 0.3) is 0 Å². The van der Waals surface area contributed by atoms with Crippen molar-refractivity contribution in [3.63, 3.8) is 0 Å². The van der Waals surface area contributed by atoms with E-state index in [9.17, 15) is 14.4 Å². The van der Waals surface area contributed by atoms with Crippen molar-refractivity contribution >= 4 is 17.9 Å². The van der Waals surface area contributed by atoms with Crippen molar-refractivity contribution in [2.24, 2.45) is 0 Å². The normalized spacial score (nSPS) is 12.0. The summed E-state index contributed by atoms with van der Waals surface area (Å²) in [4.78, 5) is 38.1. The molecule has 6 nitrogen and oxygen atoms in total. The lowest BCUT2D eigenvalue weighted by atomic mass is 10.0. The Morgan fingerprint density at radius 3 is 0.704 bits per heavy atom. The number of allylic oxidation sites excluding steroid dienone is 2. The monoisotopic (exact) mass is 1000 g/mol. The highest BCUT2D eigenvalue weighted by molar-refractivity contribution is 5.71. The Morgan fingerprint density at radius 2 is 0.465 bits per heavy atom. The second-order valence-corrected chi connectivity index (χ2v) is 22.0. The molecule has 420 valence electrons. The number of unbranched alkanes of at least 4 members (excludes halogenated alkanes) is 47.